The lowest BCUT2D eigenvalue weighted by Crippen LogP contribution is -2.08. The molecule has 8 rings (SSSR count). The van der Waals surface area contributed by atoms with Gasteiger partial charge in [-0.1, -0.05) is 115 Å². The van der Waals surface area contributed by atoms with Crippen LogP contribution in [0.25, 0.3) is 55.4 Å². The molecule has 0 radical (unpaired) electrons. The normalized spacial score (nSPS) is 14.2. The smallest absolute Gasteiger partial charge is 0.160 e. The fourth-order valence-electron chi connectivity index (χ4n) is 5.92. The van der Waals surface area contributed by atoms with Crippen LogP contribution in [-0.4, -0.2) is 16.2 Å². The van der Waals surface area contributed by atoms with Crippen LogP contribution in [0, 0.1) is 0 Å². The highest BCUT2D eigenvalue weighted by Gasteiger charge is 2.17. The molecule has 7 aromatic rings. The Kier molecular flexibility index (Phi) is 5.93. The minimum absolute atomic E-state index is 0.265. The first-order valence-corrected chi connectivity index (χ1v) is 14.4. The third kappa shape index (κ3) is 4.55. The molecule has 6 aromatic carbocycles. The van der Waals surface area contributed by atoms with Crippen molar-refractivity contribution in [2.45, 2.75) is 12.3 Å². The van der Waals surface area contributed by atoms with E-state index in [2.05, 4.69) is 140 Å². The topological polar surface area (TPSA) is 38.1 Å². The third-order valence-corrected chi connectivity index (χ3v) is 8.24. The molecule has 1 aromatic heterocycles. The lowest BCUT2D eigenvalue weighted by Gasteiger charge is -2.19. The Hall–Kier alpha value is -5.41. The number of hydrogen-bond donors (Lipinski definition) is 0. The van der Waals surface area contributed by atoms with E-state index in [1.807, 2.05) is 6.07 Å². The van der Waals surface area contributed by atoms with E-state index in [-0.39, 0.29) is 5.92 Å². The van der Waals surface area contributed by atoms with Crippen molar-refractivity contribution in [1.29, 1.82) is 0 Å². The number of fused-ring (bicyclic) bond motifs is 3. The molecule has 0 saturated heterocycles. The van der Waals surface area contributed by atoms with Gasteiger partial charge in [0.15, 0.2) is 5.82 Å². The van der Waals surface area contributed by atoms with Gasteiger partial charge in [-0.3, -0.25) is 4.99 Å². The zero-order valence-corrected chi connectivity index (χ0v) is 23.0. The average molecular weight is 538 g/mol. The van der Waals surface area contributed by atoms with Crippen LogP contribution in [0.2, 0.25) is 0 Å². The second-order valence-electron chi connectivity index (χ2n) is 10.9. The first-order valence-electron chi connectivity index (χ1n) is 14.4. The summed E-state index contributed by atoms with van der Waals surface area (Å²) in [5.74, 6) is 0.988. The number of para-hydroxylation sites is 1. The lowest BCUT2D eigenvalue weighted by molar-refractivity contribution is 0.877. The fraction of sp³-hybridized carbons (Fsp3) is 0.0513. The Bertz CT molecular complexity index is 2030. The fourth-order valence-corrected chi connectivity index (χ4v) is 5.92. The average Bonchev–Trinajstić information content (AvgIpc) is 3.07. The van der Waals surface area contributed by atoms with Crippen LogP contribution in [-0.2, 0) is 6.42 Å². The van der Waals surface area contributed by atoms with E-state index >= 15 is 0 Å². The summed E-state index contributed by atoms with van der Waals surface area (Å²) < 4.78 is 0. The molecule has 0 N–H and O–H groups in total. The molecule has 1 unspecified atom stereocenters. The molecule has 2 heterocycles. The number of rotatable bonds is 4. The summed E-state index contributed by atoms with van der Waals surface area (Å²) in [6.45, 7) is 0. The molecule has 0 fully saturated rings. The number of aliphatic imine (C=N–C) groups is 1. The number of hydrogen-bond acceptors (Lipinski definition) is 3. The van der Waals surface area contributed by atoms with Crippen LogP contribution in [0.3, 0.4) is 0 Å². The standard InChI is InChI=1S/C39H27N3/c1-3-9-30-21-33(19-15-26(30)7-1)38-24-37(41-39(42-38)34-20-16-27-8-2-4-10-31(27)22-34)29-17-13-28(14-18-29)35-23-32-11-5-6-12-36(32)40-25-35/h1-22,24-25,35H,23H2. The molecule has 0 amide bonds. The van der Waals surface area contributed by atoms with Crippen LogP contribution >= 0.6 is 0 Å². The second-order valence-corrected chi connectivity index (χ2v) is 10.9. The van der Waals surface area contributed by atoms with E-state index in [9.17, 15) is 0 Å². The molecule has 3 nitrogen and oxygen atoms in total. The molecule has 3 heteroatoms. The van der Waals surface area contributed by atoms with Gasteiger partial charge in [0.05, 0.1) is 17.1 Å². The summed E-state index contributed by atoms with van der Waals surface area (Å²) in [6, 6.07) is 49.1. The molecule has 1 atom stereocenters. The minimum atomic E-state index is 0.265. The van der Waals surface area contributed by atoms with Gasteiger partial charge in [0.2, 0.25) is 0 Å². The van der Waals surface area contributed by atoms with Crippen molar-refractivity contribution in [3.8, 4) is 33.9 Å². The van der Waals surface area contributed by atoms with Gasteiger partial charge < -0.3 is 0 Å². The van der Waals surface area contributed by atoms with Gasteiger partial charge in [0, 0.05) is 28.8 Å². The number of nitrogens with zero attached hydrogens (tertiary/aromatic N) is 3. The van der Waals surface area contributed by atoms with Gasteiger partial charge in [0.1, 0.15) is 0 Å². The molecule has 1 aliphatic rings. The van der Waals surface area contributed by atoms with Gasteiger partial charge in [-0.05, 0) is 63.4 Å². The third-order valence-electron chi connectivity index (χ3n) is 8.24. The van der Waals surface area contributed by atoms with E-state index < -0.39 is 0 Å². The SMILES string of the molecule is C1=Nc2ccccc2CC1c1ccc(-c2cc(-c3ccc4ccccc4c3)nc(-c3ccc4ccccc4c3)n2)cc1. The first-order chi connectivity index (χ1) is 20.8. The van der Waals surface area contributed by atoms with Gasteiger partial charge in [-0.2, -0.15) is 0 Å². The van der Waals surface area contributed by atoms with E-state index in [1.54, 1.807) is 0 Å². The number of benzene rings is 6. The number of aromatic nitrogens is 2. The molecule has 42 heavy (non-hydrogen) atoms. The van der Waals surface area contributed by atoms with Crippen LogP contribution in [0.5, 0.6) is 0 Å². The Balaban J connectivity index is 1.21. The van der Waals surface area contributed by atoms with E-state index in [0.29, 0.717) is 0 Å². The van der Waals surface area contributed by atoms with Gasteiger partial charge in [-0.25, -0.2) is 9.97 Å². The molecule has 198 valence electrons. The first kappa shape index (κ1) is 24.4. The van der Waals surface area contributed by atoms with Crippen molar-refractivity contribution >= 4 is 33.4 Å². The summed E-state index contributed by atoms with van der Waals surface area (Å²) in [4.78, 5) is 14.9. The zero-order chi connectivity index (χ0) is 27.9. The maximum absolute atomic E-state index is 5.10. The Morgan fingerprint density at radius 2 is 1.05 bits per heavy atom. The summed E-state index contributed by atoms with van der Waals surface area (Å²) in [6.07, 6.45) is 3.04. The van der Waals surface area contributed by atoms with Crippen molar-refractivity contribution in [2.75, 3.05) is 0 Å². The highest BCUT2D eigenvalue weighted by atomic mass is 14.9. The van der Waals surface area contributed by atoms with Crippen molar-refractivity contribution in [3.05, 3.63) is 151 Å². The molecular weight excluding hydrogens is 510 g/mol. The molecule has 1 aliphatic heterocycles. The van der Waals surface area contributed by atoms with Crippen LogP contribution in [0.4, 0.5) is 5.69 Å². The summed E-state index contributed by atoms with van der Waals surface area (Å²) in [5.41, 5.74) is 8.60. The van der Waals surface area contributed by atoms with Crippen LogP contribution in [0.15, 0.2) is 145 Å². The van der Waals surface area contributed by atoms with Gasteiger partial charge in [0.25, 0.3) is 0 Å². The van der Waals surface area contributed by atoms with Crippen molar-refractivity contribution in [1.82, 2.24) is 9.97 Å². The molecular formula is C39H27N3. The van der Waals surface area contributed by atoms with Crippen LogP contribution in [0.1, 0.15) is 17.0 Å². The maximum atomic E-state index is 5.10. The molecule has 0 saturated carbocycles. The van der Waals surface area contributed by atoms with Gasteiger partial charge >= 0.3 is 0 Å². The Labute approximate surface area is 244 Å². The van der Waals surface area contributed by atoms with E-state index in [0.717, 1.165) is 46.0 Å². The monoisotopic (exact) mass is 537 g/mol. The largest absolute Gasteiger partial charge is 0.260 e. The summed E-state index contributed by atoms with van der Waals surface area (Å²) in [7, 11) is 0. The molecule has 0 bridgehead atoms. The summed E-state index contributed by atoms with van der Waals surface area (Å²) >= 11 is 0. The van der Waals surface area contributed by atoms with Crippen molar-refractivity contribution in [2.24, 2.45) is 4.99 Å². The molecule has 0 spiro atoms. The predicted molar refractivity (Wildman–Crippen MR) is 174 cm³/mol. The lowest BCUT2D eigenvalue weighted by atomic mass is 9.89. The van der Waals surface area contributed by atoms with E-state index in [4.69, 9.17) is 15.0 Å². The highest BCUT2D eigenvalue weighted by Crippen LogP contribution is 2.33. The van der Waals surface area contributed by atoms with Crippen molar-refractivity contribution < 1.29 is 0 Å². The van der Waals surface area contributed by atoms with Gasteiger partial charge in [-0.15, -0.1) is 0 Å². The maximum Gasteiger partial charge on any atom is 0.160 e. The predicted octanol–water partition coefficient (Wildman–Crippen LogP) is 9.83. The minimum Gasteiger partial charge on any atom is -0.260 e. The zero-order valence-electron chi connectivity index (χ0n) is 23.0. The second kappa shape index (κ2) is 10.2. The highest BCUT2D eigenvalue weighted by molar-refractivity contribution is 5.89. The quantitative estimate of drug-likeness (QED) is 0.224. The van der Waals surface area contributed by atoms with Crippen molar-refractivity contribution in [3.63, 3.8) is 0 Å². The molecule has 0 aliphatic carbocycles. The Morgan fingerprint density at radius 3 is 1.79 bits per heavy atom. The summed E-state index contributed by atoms with van der Waals surface area (Å²) in [5, 5.41) is 4.80. The van der Waals surface area contributed by atoms with Crippen LogP contribution < -0.4 is 0 Å². The van der Waals surface area contributed by atoms with E-state index in [1.165, 1.54) is 32.7 Å². The Morgan fingerprint density at radius 1 is 0.476 bits per heavy atom.